The first-order valence-electron chi connectivity index (χ1n) is 19.4. The van der Waals surface area contributed by atoms with Crippen molar-refractivity contribution in [1.29, 1.82) is 0 Å². The van der Waals surface area contributed by atoms with Gasteiger partial charge < -0.3 is 28.0 Å². The minimum Gasteiger partial charge on any atom is -0.497 e. The molecule has 59 heavy (non-hydrogen) atoms. The molecule has 2 heterocycles. The van der Waals surface area contributed by atoms with Crippen molar-refractivity contribution >= 4 is 14.2 Å². The van der Waals surface area contributed by atoms with Crippen LogP contribution in [0.15, 0.2) is 119 Å². The van der Waals surface area contributed by atoms with Crippen molar-refractivity contribution < 1.29 is 32.9 Å². The van der Waals surface area contributed by atoms with Crippen LogP contribution in [0.4, 0.5) is 5.69 Å². The average Bonchev–Trinajstić information content (AvgIpc) is 3.63. The zero-order valence-corrected chi connectivity index (χ0v) is 35.2. The van der Waals surface area contributed by atoms with E-state index in [4.69, 9.17) is 28.0 Å². The van der Waals surface area contributed by atoms with Crippen LogP contribution in [-0.4, -0.2) is 64.3 Å². The Bertz CT molecular complexity index is 2230. The number of ether oxygens (including phenoxy) is 4. The van der Waals surface area contributed by atoms with E-state index >= 15 is 0 Å². The molecular formula is C44H51N4O10P. The minimum absolute atomic E-state index is 0.0259. The van der Waals surface area contributed by atoms with Gasteiger partial charge in [-0.15, -0.1) is 0 Å². The van der Waals surface area contributed by atoms with Crippen molar-refractivity contribution in [2.75, 3.05) is 20.8 Å². The highest BCUT2D eigenvalue weighted by molar-refractivity contribution is 7.44. The number of benzene rings is 4. The summed E-state index contributed by atoms with van der Waals surface area (Å²) in [5.74, 6) is 1.35. The number of aromatic nitrogens is 2. The lowest BCUT2D eigenvalue weighted by Gasteiger charge is -2.39. The van der Waals surface area contributed by atoms with Gasteiger partial charge in [-0.3, -0.25) is 24.5 Å². The van der Waals surface area contributed by atoms with Crippen molar-refractivity contribution in [3.05, 3.63) is 168 Å². The number of rotatable bonds is 18. The van der Waals surface area contributed by atoms with E-state index in [-0.39, 0.29) is 37.4 Å². The zero-order valence-electron chi connectivity index (χ0n) is 34.3. The molecule has 15 heteroatoms. The molecule has 5 aromatic rings. The highest BCUT2D eigenvalue weighted by atomic mass is 31.2. The van der Waals surface area contributed by atoms with Crippen LogP contribution in [0.5, 0.6) is 11.5 Å². The summed E-state index contributed by atoms with van der Waals surface area (Å²) >= 11 is 0. The van der Waals surface area contributed by atoms with Gasteiger partial charge in [-0.2, -0.15) is 0 Å². The first-order valence-corrected chi connectivity index (χ1v) is 20.6. The average molecular weight is 827 g/mol. The number of nitro groups is 1. The van der Waals surface area contributed by atoms with E-state index in [0.717, 1.165) is 16.7 Å². The quantitative estimate of drug-likeness (QED) is 0.0395. The largest absolute Gasteiger partial charge is 0.497 e. The normalized spacial score (nSPS) is 17.4. The van der Waals surface area contributed by atoms with Crippen LogP contribution in [0, 0.1) is 17.0 Å². The predicted octanol–water partition coefficient (Wildman–Crippen LogP) is 8.01. The standard InChI is InChI=1S/C44H51N4O10P/c1-29(2)47(30(3)4)59(56-27-32-13-11-12-16-38(32)48(51)52)58-39-25-41(46-26-31(5)42(49)45-43(46)50)57-40(39)28-55-44(33-14-9-8-10-15-33,34-17-21-36(53-6)22-18-34)35-19-23-37(54-7)24-20-35/h8-24,26,29-30,39-41H,25,27-28H2,1-7H3,(H,45,49,50)/t39-,40+,41+,59?/m0/s1. The number of aromatic amines is 1. The molecule has 1 fully saturated rings. The van der Waals surface area contributed by atoms with Gasteiger partial charge in [0.05, 0.1) is 44.0 Å². The SMILES string of the molecule is COc1ccc(C(OC[C@H]2O[C@@H](n3cc(C)c(=O)[nH]c3=O)C[C@@H]2OP(OCc2ccccc2[N+](=O)[O-])N(C(C)C)C(C)C)(c2ccccc2)c2ccc(OC)cc2)cc1. The molecule has 1 N–H and O–H groups in total. The second kappa shape index (κ2) is 19.2. The van der Waals surface area contributed by atoms with Crippen molar-refractivity contribution in [2.45, 2.75) is 83.8 Å². The Hall–Kier alpha value is -5.21. The molecule has 6 rings (SSSR count). The van der Waals surface area contributed by atoms with Gasteiger partial charge in [0, 0.05) is 36.3 Å². The van der Waals surface area contributed by atoms with Crippen molar-refractivity contribution in [1.82, 2.24) is 14.2 Å². The maximum absolute atomic E-state index is 13.3. The fraction of sp³-hybridized carbons (Fsp3) is 0.364. The fourth-order valence-electron chi connectivity index (χ4n) is 7.39. The Balaban J connectivity index is 1.43. The Morgan fingerprint density at radius 2 is 1.42 bits per heavy atom. The lowest BCUT2D eigenvalue weighted by atomic mass is 9.80. The van der Waals surface area contributed by atoms with E-state index < -0.39 is 48.7 Å². The maximum atomic E-state index is 13.3. The molecule has 1 aliphatic rings. The second-order valence-corrected chi connectivity index (χ2v) is 16.2. The van der Waals surface area contributed by atoms with Crippen LogP contribution in [0.2, 0.25) is 0 Å². The number of nitrogens with zero attached hydrogens (tertiary/aromatic N) is 3. The molecule has 0 saturated carbocycles. The number of methoxy groups -OCH3 is 2. The highest BCUT2D eigenvalue weighted by Gasteiger charge is 2.45. The summed E-state index contributed by atoms with van der Waals surface area (Å²) in [6.45, 7) is 9.63. The fourth-order valence-corrected chi connectivity index (χ4v) is 9.15. The summed E-state index contributed by atoms with van der Waals surface area (Å²) in [7, 11) is 1.34. The van der Waals surface area contributed by atoms with Crippen molar-refractivity contribution in [2.24, 2.45) is 0 Å². The van der Waals surface area contributed by atoms with E-state index in [2.05, 4.69) is 9.65 Å². The van der Waals surface area contributed by atoms with Crippen LogP contribution in [0.3, 0.4) is 0 Å². The summed E-state index contributed by atoms with van der Waals surface area (Å²) in [5, 5.41) is 11.9. The van der Waals surface area contributed by atoms with E-state index in [9.17, 15) is 19.7 Å². The van der Waals surface area contributed by atoms with Crippen LogP contribution < -0.4 is 20.7 Å². The van der Waals surface area contributed by atoms with Crippen molar-refractivity contribution in [3.63, 3.8) is 0 Å². The molecule has 0 radical (unpaired) electrons. The molecule has 4 atom stereocenters. The monoisotopic (exact) mass is 826 g/mol. The summed E-state index contributed by atoms with van der Waals surface area (Å²) in [4.78, 5) is 39.6. The second-order valence-electron chi connectivity index (χ2n) is 14.8. The Morgan fingerprint density at radius 3 is 1.98 bits per heavy atom. The van der Waals surface area contributed by atoms with E-state index in [1.807, 2.05) is 107 Å². The van der Waals surface area contributed by atoms with E-state index in [1.54, 1.807) is 39.3 Å². The molecule has 1 unspecified atom stereocenters. The molecule has 0 aliphatic carbocycles. The molecule has 0 amide bonds. The topological polar surface area (TPSA) is 157 Å². The number of nitro benzene ring substituents is 1. The van der Waals surface area contributed by atoms with E-state index in [1.165, 1.54) is 16.8 Å². The Kier molecular flexibility index (Phi) is 14.1. The van der Waals surface area contributed by atoms with Crippen LogP contribution >= 0.6 is 8.53 Å². The van der Waals surface area contributed by atoms with Gasteiger partial charge in [-0.25, -0.2) is 9.46 Å². The van der Waals surface area contributed by atoms with Gasteiger partial charge in [0.15, 0.2) is 0 Å². The summed E-state index contributed by atoms with van der Waals surface area (Å²) < 4.78 is 42.0. The zero-order chi connectivity index (χ0) is 42.3. The molecule has 0 bridgehead atoms. The Morgan fingerprint density at radius 1 is 0.864 bits per heavy atom. The first-order chi connectivity index (χ1) is 28.4. The molecule has 0 spiro atoms. The lowest BCUT2D eigenvalue weighted by Crippen LogP contribution is -2.39. The van der Waals surface area contributed by atoms with Gasteiger partial charge in [0.2, 0.25) is 0 Å². The molecule has 1 aliphatic heterocycles. The van der Waals surface area contributed by atoms with Gasteiger partial charge in [-0.1, -0.05) is 66.7 Å². The number of hydrogen-bond donors (Lipinski definition) is 1. The van der Waals surface area contributed by atoms with Gasteiger partial charge in [0.25, 0.3) is 19.8 Å². The van der Waals surface area contributed by atoms with Crippen LogP contribution in [0.25, 0.3) is 0 Å². The maximum Gasteiger partial charge on any atom is 0.330 e. The number of H-pyrrole nitrogens is 1. The van der Waals surface area contributed by atoms with Crippen molar-refractivity contribution in [3.8, 4) is 11.5 Å². The third kappa shape index (κ3) is 9.65. The summed E-state index contributed by atoms with van der Waals surface area (Å²) in [6.07, 6.45) is -0.656. The molecular weight excluding hydrogens is 775 g/mol. The van der Waals surface area contributed by atoms with Crippen LogP contribution in [0.1, 0.15) is 68.2 Å². The lowest BCUT2D eigenvalue weighted by molar-refractivity contribution is -0.385. The third-order valence-corrected chi connectivity index (χ3v) is 12.4. The first kappa shape index (κ1) is 43.4. The Labute approximate surface area is 344 Å². The molecule has 1 saturated heterocycles. The van der Waals surface area contributed by atoms with Gasteiger partial charge in [-0.05, 0) is 81.6 Å². The van der Waals surface area contributed by atoms with E-state index in [0.29, 0.717) is 22.6 Å². The van der Waals surface area contributed by atoms with Gasteiger partial charge >= 0.3 is 5.69 Å². The number of nitrogens with one attached hydrogen (secondary N) is 1. The smallest absolute Gasteiger partial charge is 0.330 e. The number of aryl methyl sites for hydroxylation is 1. The molecule has 14 nitrogen and oxygen atoms in total. The third-order valence-electron chi connectivity index (χ3n) is 10.3. The van der Waals surface area contributed by atoms with Crippen LogP contribution in [-0.2, 0) is 30.7 Å². The molecule has 4 aromatic carbocycles. The van der Waals surface area contributed by atoms with Gasteiger partial charge in [0.1, 0.15) is 29.4 Å². The highest BCUT2D eigenvalue weighted by Crippen LogP contribution is 2.51. The summed E-state index contributed by atoms with van der Waals surface area (Å²) in [6, 6.07) is 31.6. The number of hydrogen-bond acceptors (Lipinski definition) is 11. The molecule has 1 aromatic heterocycles. The molecule has 312 valence electrons. The summed E-state index contributed by atoms with van der Waals surface area (Å²) in [5.41, 5.74) is 0.868. The number of para-hydroxylation sites is 1. The predicted molar refractivity (Wildman–Crippen MR) is 225 cm³/mol. The minimum atomic E-state index is -1.88.